The van der Waals surface area contributed by atoms with E-state index in [0.29, 0.717) is 0 Å². The van der Waals surface area contributed by atoms with Gasteiger partial charge in [-0.1, -0.05) is 24.3 Å². The van der Waals surface area contributed by atoms with Crippen LogP contribution in [0.2, 0.25) is 0 Å². The quantitative estimate of drug-likeness (QED) is 0.183. The Hall–Kier alpha value is -0.561. The Morgan fingerprint density at radius 2 is 0.640 bits per heavy atom. The molecule has 0 aliphatic carbocycles. The van der Waals surface area contributed by atoms with Crippen molar-refractivity contribution in [2.75, 3.05) is 0 Å². The van der Waals surface area contributed by atoms with Crippen molar-refractivity contribution < 1.29 is 40.6 Å². The summed E-state index contributed by atoms with van der Waals surface area (Å²) in [5.74, 6) is 0. The fourth-order valence-electron chi connectivity index (χ4n) is 0.172. The average Bonchev–Trinajstić information content (AvgIpc) is 2.66. The van der Waals surface area contributed by atoms with Crippen LogP contribution >= 0.6 is 0 Å². The summed E-state index contributed by atoms with van der Waals surface area (Å²) < 4.78 is 0. The molecule has 4 radical (unpaired) electrons. The summed E-state index contributed by atoms with van der Waals surface area (Å²) in [5.41, 5.74) is 0. The van der Waals surface area contributed by atoms with E-state index >= 15 is 0 Å². The van der Waals surface area contributed by atoms with Gasteiger partial charge < -0.3 is 0 Å². The van der Waals surface area contributed by atoms with E-state index in [2.05, 4.69) is 45.9 Å². The molecule has 8 nitrogen and oxygen atoms in total. The van der Waals surface area contributed by atoms with Crippen molar-refractivity contribution in [2.45, 2.75) is 52.1 Å². The van der Waals surface area contributed by atoms with Crippen LogP contribution in [0.25, 0.3) is 0 Å². The molecule has 0 fully saturated rings. The fourth-order valence-corrected chi connectivity index (χ4v) is 0.172. The zero-order valence-electron chi connectivity index (χ0n) is 15.4. The van der Waals surface area contributed by atoms with Crippen molar-refractivity contribution >= 4 is 23.9 Å². The van der Waals surface area contributed by atoms with E-state index in [9.17, 15) is 0 Å². The normalized spacial score (nSPS) is 13.1. The summed E-state index contributed by atoms with van der Waals surface area (Å²) in [7, 11) is 0. The topological polar surface area (TPSA) is 118 Å². The Morgan fingerprint density at radius 3 is 0.640 bits per heavy atom. The van der Waals surface area contributed by atoms with Crippen molar-refractivity contribution in [1.82, 2.24) is 0 Å². The maximum absolute atomic E-state index is 7.76. The summed E-state index contributed by atoms with van der Waals surface area (Å²) in [6, 6.07) is 0. The van der Waals surface area contributed by atoms with Gasteiger partial charge in [0.05, 0.1) is 0 Å². The van der Waals surface area contributed by atoms with E-state index in [1.165, 1.54) is 24.3 Å². The van der Waals surface area contributed by atoms with Gasteiger partial charge in [-0.15, -0.1) is 26.3 Å². The van der Waals surface area contributed by atoms with Gasteiger partial charge in [0, 0.05) is 23.9 Å². The number of rotatable bonds is 8. The molecule has 4 unspecified atom stereocenters. The van der Waals surface area contributed by atoms with Crippen LogP contribution in [0.1, 0.15) is 27.7 Å². The summed E-state index contributed by atoms with van der Waals surface area (Å²) in [4.78, 5) is 15.1. The van der Waals surface area contributed by atoms with Crippen LogP contribution in [0.15, 0.2) is 50.6 Å². The molecule has 0 aromatic rings. The second kappa shape index (κ2) is 31.2. The van der Waals surface area contributed by atoms with Gasteiger partial charge in [-0.3, -0.25) is 21.0 Å². The Balaban J connectivity index is -0.0000000702. The molecule has 0 aromatic carbocycles. The maximum Gasteiger partial charge on any atom is 0.108 e. The third-order valence-corrected chi connectivity index (χ3v) is 1.99. The molecular weight excluding hydrogens is 439 g/mol. The average molecular weight is 471 g/mol. The molecule has 0 heterocycles. The molecule has 0 saturated carbocycles. The predicted octanol–water partition coefficient (Wildman–Crippen LogP) is 3.82. The van der Waals surface area contributed by atoms with E-state index in [1.54, 1.807) is 27.7 Å². The first-order chi connectivity index (χ1) is 11.2. The first-order valence-corrected chi connectivity index (χ1v) is 6.95. The third-order valence-electron chi connectivity index (χ3n) is 1.99. The molecule has 0 rings (SSSR count). The second-order valence-corrected chi connectivity index (χ2v) is 4.18. The van der Waals surface area contributed by atoms with E-state index in [1.807, 2.05) is 0 Å². The fraction of sp³-hybridized carbons (Fsp3) is 0.500. The van der Waals surface area contributed by atoms with E-state index in [0.717, 1.165) is 0 Å². The van der Waals surface area contributed by atoms with Crippen LogP contribution in [-0.4, -0.2) is 69.4 Å². The molecule has 0 aliphatic heterocycles. The van der Waals surface area contributed by atoms with Gasteiger partial charge >= 0.3 is 0 Å². The largest absolute Gasteiger partial charge is 0.251 e. The van der Waals surface area contributed by atoms with Crippen LogP contribution in [0, 0.1) is 0 Å². The summed E-state index contributed by atoms with van der Waals surface area (Å²) >= 11 is 0. The Labute approximate surface area is 167 Å². The molecular formula is C16H32O8Sn. The van der Waals surface area contributed by atoms with E-state index in [-0.39, 0.29) is 48.3 Å². The van der Waals surface area contributed by atoms with Crippen LogP contribution < -0.4 is 0 Å². The van der Waals surface area contributed by atoms with Crippen LogP contribution in [-0.2, 0) is 19.6 Å². The predicted molar refractivity (Wildman–Crippen MR) is 99.2 cm³/mol. The SMILES string of the molecule is C=CC(C)OO.C=CC(C)OO.C=CC(C)OO.C=CC(C)OO.[Sn]. The maximum atomic E-state index is 7.76. The van der Waals surface area contributed by atoms with Crippen molar-refractivity contribution in [3.63, 3.8) is 0 Å². The van der Waals surface area contributed by atoms with Gasteiger partial charge in [-0.25, -0.2) is 19.6 Å². The summed E-state index contributed by atoms with van der Waals surface area (Å²) in [6.07, 6.45) is 5.02. The van der Waals surface area contributed by atoms with E-state index < -0.39 is 0 Å². The molecule has 0 aliphatic rings. The van der Waals surface area contributed by atoms with Gasteiger partial charge in [0.25, 0.3) is 0 Å². The van der Waals surface area contributed by atoms with Crippen molar-refractivity contribution in [1.29, 1.82) is 0 Å². The van der Waals surface area contributed by atoms with Crippen LogP contribution in [0.5, 0.6) is 0 Å². The van der Waals surface area contributed by atoms with Crippen molar-refractivity contribution in [2.24, 2.45) is 0 Å². The summed E-state index contributed by atoms with van der Waals surface area (Å²) in [5, 5.41) is 31.1. The van der Waals surface area contributed by atoms with Gasteiger partial charge in [-0.05, 0) is 27.7 Å². The Morgan fingerprint density at radius 1 is 0.520 bits per heavy atom. The minimum atomic E-state index is -0.245. The third kappa shape index (κ3) is 45.2. The standard InChI is InChI=1S/4C4H8O2.Sn/c4*1-3-4(2)6-5;/h4*3-5H,1H2,2H3;. The van der Waals surface area contributed by atoms with Crippen molar-refractivity contribution in [3.05, 3.63) is 50.6 Å². The monoisotopic (exact) mass is 472 g/mol. The van der Waals surface area contributed by atoms with Gasteiger partial charge in [0.1, 0.15) is 24.4 Å². The zero-order chi connectivity index (χ0) is 20.0. The van der Waals surface area contributed by atoms with Crippen molar-refractivity contribution in [3.8, 4) is 0 Å². The molecule has 0 saturated heterocycles. The first-order valence-electron chi connectivity index (χ1n) is 6.95. The number of hydrogen-bond acceptors (Lipinski definition) is 8. The molecule has 25 heavy (non-hydrogen) atoms. The minimum absolute atomic E-state index is 0. The first kappa shape index (κ1) is 35.5. The summed E-state index contributed by atoms with van der Waals surface area (Å²) in [6.45, 7) is 20.1. The molecule has 148 valence electrons. The van der Waals surface area contributed by atoms with Gasteiger partial charge in [0.2, 0.25) is 0 Å². The zero-order valence-corrected chi connectivity index (χ0v) is 18.2. The molecule has 0 aromatic heterocycles. The smallest absolute Gasteiger partial charge is 0.108 e. The minimum Gasteiger partial charge on any atom is -0.251 e. The van der Waals surface area contributed by atoms with Crippen LogP contribution in [0.3, 0.4) is 0 Å². The molecule has 0 bridgehead atoms. The molecule has 4 N–H and O–H groups in total. The molecule has 0 spiro atoms. The molecule has 0 amide bonds. The van der Waals surface area contributed by atoms with Gasteiger partial charge in [0.15, 0.2) is 0 Å². The second-order valence-electron chi connectivity index (χ2n) is 4.18. The van der Waals surface area contributed by atoms with E-state index in [4.69, 9.17) is 21.0 Å². The van der Waals surface area contributed by atoms with Crippen LogP contribution in [0.4, 0.5) is 0 Å². The Bertz CT molecular complexity index is 233. The molecule has 4 atom stereocenters. The number of hydrogen-bond donors (Lipinski definition) is 4. The molecule has 9 heteroatoms. The Kier molecular flexibility index (Phi) is 44.4. The van der Waals surface area contributed by atoms with Gasteiger partial charge in [-0.2, -0.15) is 0 Å².